The quantitative estimate of drug-likeness (QED) is 0.656. The smallest absolute Gasteiger partial charge is 0.160 e. The Balaban J connectivity index is 1.62. The van der Waals surface area contributed by atoms with Crippen LogP contribution in [0.4, 0.5) is 5.69 Å². The molecule has 2 N–H and O–H groups in total. The Kier molecular flexibility index (Phi) is 5.88. The Morgan fingerprint density at radius 2 is 1.93 bits per heavy atom. The summed E-state index contributed by atoms with van der Waals surface area (Å²) in [5.74, 6) is 0. The number of rotatable bonds is 7. The molecule has 6 nitrogen and oxygen atoms in total. The molecule has 28 heavy (non-hydrogen) atoms. The average Bonchev–Trinajstić information content (AvgIpc) is 3.14. The fourth-order valence-corrected chi connectivity index (χ4v) is 3.83. The number of nitrogens with zero attached hydrogens (tertiary/aromatic N) is 3. The molecule has 0 unspecified atom stereocenters. The van der Waals surface area contributed by atoms with E-state index in [-0.39, 0.29) is 0 Å². The lowest BCUT2D eigenvalue weighted by Gasteiger charge is -2.26. The number of aromatic nitrogens is 3. The summed E-state index contributed by atoms with van der Waals surface area (Å²) >= 11 is 0. The Morgan fingerprint density at radius 3 is 2.68 bits per heavy atom. The molecule has 0 spiro atoms. The summed E-state index contributed by atoms with van der Waals surface area (Å²) < 4.78 is 7.50. The summed E-state index contributed by atoms with van der Waals surface area (Å²) in [7, 11) is 0. The summed E-state index contributed by atoms with van der Waals surface area (Å²) in [5, 5.41) is 13.0. The summed E-state index contributed by atoms with van der Waals surface area (Å²) in [6.07, 6.45) is 4.01. The van der Waals surface area contributed by atoms with Crippen molar-refractivity contribution in [2.75, 3.05) is 18.5 Å². The van der Waals surface area contributed by atoms with Crippen molar-refractivity contribution in [3.8, 4) is 0 Å². The van der Waals surface area contributed by atoms with E-state index >= 15 is 0 Å². The SMILES string of the molecule is CCn1ncc2c(NC3CCOCC3)c(CNCc3ccccc3)c(C)nc21. The standard InChI is InChI=1S/C22H29N5O/c1-3-27-22-20(15-24-27)21(26-18-9-11-28-12-10-18)19(16(2)25-22)14-23-13-17-7-5-4-6-8-17/h4-8,15,18,23H,3,9-14H2,1-2H3,(H,25,26). The molecule has 0 aliphatic carbocycles. The molecule has 4 rings (SSSR count). The van der Waals surface area contributed by atoms with Gasteiger partial charge in [0.15, 0.2) is 5.65 Å². The molecule has 1 saturated heterocycles. The third kappa shape index (κ3) is 4.03. The van der Waals surface area contributed by atoms with Crippen LogP contribution in [0.25, 0.3) is 11.0 Å². The van der Waals surface area contributed by atoms with Crippen molar-refractivity contribution in [2.45, 2.75) is 52.4 Å². The van der Waals surface area contributed by atoms with E-state index in [1.165, 1.54) is 16.8 Å². The molecule has 0 amide bonds. The predicted octanol–water partition coefficient (Wildman–Crippen LogP) is 3.64. The molecule has 1 fully saturated rings. The second-order valence-corrected chi connectivity index (χ2v) is 7.37. The second kappa shape index (κ2) is 8.71. The summed E-state index contributed by atoms with van der Waals surface area (Å²) in [5.41, 5.74) is 5.70. The van der Waals surface area contributed by atoms with Crippen molar-refractivity contribution in [3.05, 3.63) is 53.3 Å². The fourth-order valence-electron chi connectivity index (χ4n) is 3.83. The number of ether oxygens (including phenoxy) is 1. The third-order valence-corrected chi connectivity index (χ3v) is 5.44. The molecule has 0 bridgehead atoms. The van der Waals surface area contributed by atoms with Crippen LogP contribution in [0.5, 0.6) is 0 Å². The van der Waals surface area contributed by atoms with Gasteiger partial charge in [-0.15, -0.1) is 0 Å². The van der Waals surface area contributed by atoms with Crippen LogP contribution in [0.3, 0.4) is 0 Å². The van der Waals surface area contributed by atoms with Gasteiger partial charge in [-0.3, -0.25) is 0 Å². The Labute approximate surface area is 166 Å². The van der Waals surface area contributed by atoms with Crippen LogP contribution in [-0.2, 0) is 24.4 Å². The lowest BCUT2D eigenvalue weighted by molar-refractivity contribution is 0.0904. The number of hydrogen-bond donors (Lipinski definition) is 2. The van der Waals surface area contributed by atoms with Crippen LogP contribution in [0, 0.1) is 6.92 Å². The van der Waals surface area contributed by atoms with Crippen molar-refractivity contribution in [1.82, 2.24) is 20.1 Å². The van der Waals surface area contributed by atoms with Gasteiger partial charge >= 0.3 is 0 Å². The second-order valence-electron chi connectivity index (χ2n) is 7.37. The number of aryl methyl sites for hydroxylation is 2. The lowest BCUT2D eigenvalue weighted by atomic mass is 10.0. The first kappa shape index (κ1) is 18.9. The largest absolute Gasteiger partial charge is 0.381 e. The van der Waals surface area contributed by atoms with Gasteiger partial charge in [0, 0.05) is 50.1 Å². The zero-order valence-electron chi connectivity index (χ0n) is 16.7. The molecule has 1 aliphatic heterocycles. The highest BCUT2D eigenvalue weighted by Gasteiger charge is 2.20. The molecule has 1 aliphatic rings. The Hall–Kier alpha value is -2.44. The molecule has 0 radical (unpaired) electrons. The maximum absolute atomic E-state index is 5.53. The highest BCUT2D eigenvalue weighted by molar-refractivity contribution is 5.91. The molecule has 0 atom stereocenters. The van der Waals surface area contributed by atoms with Crippen LogP contribution < -0.4 is 10.6 Å². The van der Waals surface area contributed by atoms with E-state index in [1.807, 2.05) is 16.9 Å². The zero-order valence-corrected chi connectivity index (χ0v) is 16.7. The minimum Gasteiger partial charge on any atom is -0.381 e. The topological polar surface area (TPSA) is 64.0 Å². The first-order valence-electron chi connectivity index (χ1n) is 10.2. The highest BCUT2D eigenvalue weighted by atomic mass is 16.5. The molecule has 0 saturated carbocycles. The van der Waals surface area contributed by atoms with Crippen molar-refractivity contribution < 1.29 is 4.74 Å². The normalized spacial score (nSPS) is 15.2. The van der Waals surface area contributed by atoms with Crippen LogP contribution in [0.1, 0.15) is 36.6 Å². The summed E-state index contributed by atoms with van der Waals surface area (Å²) in [6.45, 7) is 8.26. The molecule has 2 aromatic heterocycles. The van der Waals surface area contributed by atoms with E-state index in [0.717, 1.165) is 62.4 Å². The number of benzene rings is 1. The first-order valence-corrected chi connectivity index (χ1v) is 10.2. The number of nitrogens with one attached hydrogen (secondary N) is 2. The van der Waals surface area contributed by atoms with E-state index in [2.05, 4.69) is 53.8 Å². The van der Waals surface area contributed by atoms with Crippen molar-refractivity contribution in [1.29, 1.82) is 0 Å². The highest BCUT2D eigenvalue weighted by Crippen LogP contribution is 2.30. The van der Waals surface area contributed by atoms with Gasteiger partial charge in [0.25, 0.3) is 0 Å². The van der Waals surface area contributed by atoms with Crippen LogP contribution >= 0.6 is 0 Å². The van der Waals surface area contributed by atoms with E-state index in [1.54, 1.807) is 0 Å². The van der Waals surface area contributed by atoms with Crippen LogP contribution in [0.2, 0.25) is 0 Å². The van der Waals surface area contributed by atoms with Gasteiger partial charge in [-0.2, -0.15) is 5.10 Å². The zero-order chi connectivity index (χ0) is 19.3. The number of fused-ring (bicyclic) bond motifs is 1. The minimum atomic E-state index is 0.427. The van der Waals surface area contributed by atoms with Crippen molar-refractivity contribution >= 4 is 16.7 Å². The molecule has 1 aromatic carbocycles. The Bertz CT molecular complexity index is 916. The maximum Gasteiger partial charge on any atom is 0.160 e. The Morgan fingerprint density at radius 1 is 1.14 bits per heavy atom. The van der Waals surface area contributed by atoms with E-state index in [4.69, 9.17) is 9.72 Å². The minimum absolute atomic E-state index is 0.427. The molecule has 3 heterocycles. The molecule has 148 valence electrons. The first-order chi connectivity index (χ1) is 13.8. The predicted molar refractivity (Wildman–Crippen MR) is 112 cm³/mol. The average molecular weight is 380 g/mol. The van der Waals surface area contributed by atoms with E-state index in [9.17, 15) is 0 Å². The van der Waals surface area contributed by atoms with Gasteiger partial charge in [0.1, 0.15) is 0 Å². The van der Waals surface area contributed by atoms with Gasteiger partial charge in [0.2, 0.25) is 0 Å². The van der Waals surface area contributed by atoms with Gasteiger partial charge in [-0.25, -0.2) is 9.67 Å². The van der Waals surface area contributed by atoms with Crippen LogP contribution in [-0.4, -0.2) is 34.0 Å². The molecule has 3 aromatic rings. The summed E-state index contributed by atoms with van der Waals surface area (Å²) in [4.78, 5) is 4.88. The molecular formula is C22H29N5O. The van der Waals surface area contributed by atoms with Crippen molar-refractivity contribution in [3.63, 3.8) is 0 Å². The third-order valence-electron chi connectivity index (χ3n) is 5.44. The number of pyridine rings is 1. The van der Waals surface area contributed by atoms with Crippen LogP contribution in [0.15, 0.2) is 36.5 Å². The number of hydrogen-bond acceptors (Lipinski definition) is 5. The van der Waals surface area contributed by atoms with Gasteiger partial charge in [0.05, 0.1) is 17.3 Å². The van der Waals surface area contributed by atoms with Crippen molar-refractivity contribution in [2.24, 2.45) is 0 Å². The van der Waals surface area contributed by atoms with Gasteiger partial charge in [-0.05, 0) is 32.3 Å². The lowest BCUT2D eigenvalue weighted by Crippen LogP contribution is -2.29. The van der Waals surface area contributed by atoms with Gasteiger partial charge in [-0.1, -0.05) is 30.3 Å². The fraction of sp³-hybridized carbons (Fsp3) is 0.455. The maximum atomic E-state index is 5.53. The summed E-state index contributed by atoms with van der Waals surface area (Å²) in [6, 6.07) is 10.9. The molecular weight excluding hydrogens is 350 g/mol. The number of anilines is 1. The van der Waals surface area contributed by atoms with E-state index in [0.29, 0.717) is 6.04 Å². The van der Waals surface area contributed by atoms with E-state index < -0.39 is 0 Å². The monoisotopic (exact) mass is 379 g/mol. The van der Waals surface area contributed by atoms with Gasteiger partial charge < -0.3 is 15.4 Å². The molecule has 6 heteroatoms.